The lowest BCUT2D eigenvalue weighted by Gasteiger charge is -2.07. The maximum atomic E-state index is 12.1. The summed E-state index contributed by atoms with van der Waals surface area (Å²) in [7, 11) is 1.65. The van der Waals surface area contributed by atoms with Crippen LogP contribution in [0.25, 0.3) is 10.8 Å². The third-order valence-electron chi connectivity index (χ3n) is 3.79. The fraction of sp³-hybridized carbons (Fsp3) is 0.100. The van der Waals surface area contributed by atoms with E-state index in [0.717, 1.165) is 27.6 Å². The predicted octanol–water partition coefficient (Wildman–Crippen LogP) is 3.92. The number of carbonyl (C=O) groups excluding carboxylic acids is 1. The first-order valence-corrected chi connectivity index (χ1v) is 7.65. The van der Waals surface area contributed by atoms with Gasteiger partial charge < -0.3 is 4.74 Å². The van der Waals surface area contributed by atoms with E-state index in [4.69, 9.17) is 4.74 Å². The van der Waals surface area contributed by atoms with Crippen molar-refractivity contribution in [1.29, 1.82) is 0 Å². The monoisotopic (exact) mass is 318 g/mol. The normalized spacial score (nSPS) is 10.9. The van der Waals surface area contributed by atoms with Gasteiger partial charge in [-0.15, -0.1) is 0 Å². The van der Waals surface area contributed by atoms with Crippen molar-refractivity contribution in [2.24, 2.45) is 5.10 Å². The van der Waals surface area contributed by atoms with Crippen LogP contribution in [-0.4, -0.2) is 19.2 Å². The fourth-order valence-corrected chi connectivity index (χ4v) is 2.60. The maximum Gasteiger partial charge on any atom is 0.271 e. The van der Waals surface area contributed by atoms with Crippen molar-refractivity contribution in [2.75, 3.05) is 7.11 Å². The second kappa shape index (κ2) is 6.96. The highest BCUT2D eigenvalue weighted by molar-refractivity contribution is 6.03. The molecule has 0 fully saturated rings. The number of hydrogen-bond acceptors (Lipinski definition) is 3. The predicted molar refractivity (Wildman–Crippen MR) is 96.7 cm³/mol. The summed E-state index contributed by atoms with van der Waals surface area (Å²) in [4.78, 5) is 12.1. The van der Waals surface area contributed by atoms with Crippen LogP contribution in [-0.2, 0) is 0 Å². The molecule has 0 unspecified atom stereocenters. The van der Waals surface area contributed by atoms with Gasteiger partial charge in [-0.25, -0.2) is 5.43 Å². The highest BCUT2D eigenvalue weighted by Gasteiger charge is 2.06. The first kappa shape index (κ1) is 15.7. The molecule has 0 aliphatic heterocycles. The molecule has 4 nitrogen and oxygen atoms in total. The standard InChI is InChI=1S/C20H18N2O2/c1-14-6-5-7-15(12-14)20(23)22-21-13-16-10-11-19(24-2)18-9-4-3-8-17(16)18/h3-13H,1-2H3,(H,22,23). The van der Waals surface area contributed by atoms with Crippen LogP contribution >= 0.6 is 0 Å². The number of aryl methyl sites for hydroxylation is 1. The number of nitrogens with zero attached hydrogens (tertiary/aromatic N) is 1. The molecule has 120 valence electrons. The van der Waals surface area contributed by atoms with Gasteiger partial charge in [-0.1, -0.05) is 42.0 Å². The zero-order valence-corrected chi connectivity index (χ0v) is 13.6. The number of hydrazone groups is 1. The van der Waals surface area contributed by atoms with Gasteiger partial charge in [0.25, 0.3) is 5.91 Å². The van der Waals surface area contributed by atoms with Gasteiger partial charge in [0.2, 0.25) is 0 Å². The molecule has 0 aromatic heterocycles. The van der Waals surface area contributed by atoms with Gasteiger partial charge >= 0.3 is 0 Å². The first-order chi connectivity index (χ1) is 11.7. The molecule has 1 amide bonds. The smallest absolute Gasteiger partial charge is 0.271 e. The average molecular weight is 318 g/mol. The number of amides is 1. The van der Waals surface area contributed by atoms with Crippen LogP contribution in [0.4, 0.5) is 0 Å². The Morgan fingerprint density at radius 1 is 1.04 bits per heavy atom. The SMILES string of the molecule is COc1ccc(C=NNC(=O)c2cccc(C)c2)c2ccccc12. The summed E-state index contributed by atoms with van der Waals surface area (Å²) >= 11 is 0. The van der Waals surface area contributed by atoms with Crippen molar-refractivity contribution in [2.45, 2.75) is 6.92 Å². The van der Waals surface area contributed by atoms with E-state index in [-0.39, 0.29) is 5.91 Å². The molecule has 0 saturated heterocycles. The van der Waals surface area contributed by atoms with Gasteiger partial charge in [0.1, 0.15) is 5.75 Å². The van der Waals surface area contributed by atoms with Gasteiger partial charge in [-0.3, -0.25) is 4.79 Å². The molecule has 1 N–H and O–H groups in total. The van der Waals surface area contributed by atoms with Crippen LogP contribution in [0, 0.1) is 6.92 Å². The lowest BCUT2D eigenvalue weighted by Crippen LogP contribution is -2.17. The van der Waals surface area contributed by atoms with Crippen LogP contribution in [0.3, 0.4) is 0 Å². The fourth-order valence-electron chi connectivity index (χ4n) is 2.60. The van der Waals surface area contributed by atoms with E-state index in [1.165, 1.54) is 0 Å². The third-order valence-corrected chi connectivity index (χ3v) is 3.79. The Balaban J connectivity index is 1.82. The molecule has 3 rings (SSSR count). The highest BCUT2D eigenvalue weighted by atomic mass is 16.5. The van der Waals surface area contributed by atoms with Crippen molar-refractivity contribution in [1.82, 2.24) is 5.43 Å². The second-order valence-corrected chi connectivity index (χ2v) is 5.47. The van der Waals surface area contributed by atoms with Crippen LogP contribution < -0.4 is 10.2 Å². The average Bonchev–Trinajstić information content (AvgIpc) is 2.61. The molecular weight excluding hydrogens is 300 g/mol. The number of benzene rings is 3. The van der Waals surface area contributed by atoms with E-state index in [2.05, 4.69) is 10.5 Å². The van der Waals surface area contributed by atoms with Gasteiger partial charge in [-0.05, 0) is 36.6 Å². The minimum atomic E-state index is -0.229. The zero-order chi connectivity index (χ0) is 16.9. The highest BCUT2D eigenvalue weighted by Crippen LogP contribution is 2.27. The van der Waals surface area contributed by atoms with E-state index in [0.29, 0.717) is 5.56 Å². The molecule has 0 bridgehead atoms. The molecule has 0 aliphatic carbocycles. The summed E-state index contributed by atoms with van der Waals surface area (Å²) in [5.74, 6) is 0.583. The van der Waals surface area contributed by atoms with Gasteiger partial charge in [0.15, 0.2) is 0 Å². The summed E-state index contributed by atoms with van der Waals surface area (Å²) in [5, 5.41) is 6.12. The van der Waals surface area contributed by atoms with Crippen molar-refractivity contribution >= 4 is 22.9 Å². The van der Waals surface area contributed by atoms with Crippen LogP contribution in [0.5, 0.6) is 5.75 Å². The Bertz CT molecular complexity index is 916. The largest absolute Gasteiger partial charge is 0.496 e. The number of carbonyl (C=O) groups is 1. The molecule has 0 aliphatic rings. The first-order valence-electron chi connectivity index (χ1n) is 7.65. The Kier molecular flexibility index (Phi) is 4.57. The summed E-state index contributed by atoms with van der Waals surface area (Å²) in [6.07, 6.45) is 1.65. The molecule has 0 radical (unpaired) electrons. The van der Waals surface area contributed by atoms with E-state index < -0.39 is 0 Å². The Morgan fingerprint density at radius 2 is 1.83 bits per heavy atom. The maximum absolute atomic E-state index is 12.1. The summed E-state index contributed by atoms with van der Waals surface area (Å²) in [6, 6.07) is 19.1. The van der Waals surface area contributed by atoms with Crippen LogP contribution in [0.15, 0.2) is 65.8 Å². The number of ether oxygens (including phenoxy) is 1. The Morgan fingerprint density at radius 3 is 2.58 bits per heavy atom. The third kappa shape index (κ3) is 3.27. The summed E-state index contributed by atoms with van der Waals surface area (Å²) in [6.45, 7) is 1.95. The van der Waals surface area contributed by atoms with Crippen molar-refractivity contribution in [3.05, 3.63) is 77.4 Å². The quantitative estimate of drug-likeness (QED) is 0.585. The van der Waals surface area contributed by atoms with Crippen LogP contribution in [0.1, 0.15) is 21.5 Å². The van der Waals surface area contributed by atoms with Gasteiger partial charge in [-0.2, -0.15) is 5.10 Å². The van der Waals surface area contributed by atoms with E-state index in [9.17, 15) is 4.79 Å². The molecule has 3 aromatic rings. The zero-order valence-electron chi connectivity index (χ0n) is 13.6. The number of fused-ring (bicyclic) bond motifs is 1. The molecular formula is C20H18N2O2. The van der Waals surface area contributed by atoms with Crippen molar-refractivity contribution < 1.29 is 9.53 Å². The van der Waals surface area contributed by atoms with Crippen LogP contribution in [0.2, 0.25) is 0 Å². The number of rotatable bonds is 4. The lowest BCUT2D eigenvalue weighted by molar-refractivity contribution is 0.0955. The molecule has 0 spiro atoms. The lowest BCUT2D eigenvalue weighted by atomic mass is 10.0. The number of nitrogens with one attached hydrogen (secondary N) is 1. The molecule has 0 heterocycles. The second-order valence-electron chi connectivity index (χ2n) is 5.47. The minimum absolute atomic E-state index is 0.229. The molecule has 3 aromatic carbocycles. The summed E-state index contributed by atoms with van der Waals surface area (Å²) < 4.78 is 5.38. The number of methoxy groups -OCH3 is 1. The topological polar surface area (TPSA) is 50.7 Å². The molecule has 0 atom stereocenters. The van der Waals surface area contributed by atoms with Crippen molar-refractivity contribution in [3.8, 4) is 5.75 Å². The van der Waals surface area contributed by atoms with Gasteiger partial charge in [0, 0.05) is 16.5 Å². The number of hydrogen-bond donors (Lipinski definition) is 1. The molecule has 4 heteroatoms. The Hall–Kier alpha value is -3.14. The Labute approximate surface area is 140 Å². The van der Waals surface area contributed by atoms with Crippen molar-refractivity contribution in [3.63, 3.8) is 0 Å². The minimum Gasteiger partial charge on any atom is -0.496 e. The summed E-state index contributed by atoms with van der Waals surface area (Å²) in [5.41, 5.74) is 5.10. The van der Waals surface area contributed by atoms with E-state index in [1.807, 2.05) is 61.5 Å². The molecule has 0 saturated carbocycles. The van der Waals surface area contributed by atoms with E-state index in [1.54, 1.807) is 19.4 Å². The molecule has 24 heavy (non-hydrogen) atoms. The van der Waals surface area contributed by atoms with E-state index >= 15 is 0 Å². The van der Waals surface area contributed by atoms with Gasteiger partial charge in [0.05, 0.1) is 13.3 Å².